The van der Waals surface area contributed by atoms with E-state index >= 15 is 0 Å². The molecule has 2 N–H and O–H groups in total. The summed E-state index contributed by atoms with van der Waals surface area (Å²) in [6.07, 6.45) is 0.572. The van der Waals surface area contributed by atoms with Gasteiger partial charge in [0.1, 0.15) is 11.1 Å². The summed E-state index contributed by atoms with van der Waals surface area (Å²) < 4.78 is 0. The molecular weight excluding hydrogens is 242 g/mol. The largest absolute Gasteiger partial charge is 0.390 e. The van der Waals surface area contributed by atoms with Crippen molar-refractivity contribution in [2.75, 3.05) is 5.33 Å². The highest BCUT2D eigenvalue weighted by molar-refractivity contribution is 9.09. The van der Waals surface area contributed by atoms with E-state index in [4.69, 9.17) is 0 Å². The first-order valence-corrected chi connectivity index (χ1v) is 5.57. The van der Waals surface area contributed by atoms with E-state index in [9.17, 15) is 10.2 Å². The number of nitrogens with zero attached hydrogens (tertiary/aromatic N) is 1. The van der Waals surface area contributed by atoms with Gasteiger partial charge in [-0.3, -0.25) is 0 Å². The predicted octanol–water partition coefficient (Wildman–Crippen LogP) is 1.32. The van der Waals surface area contributed by atoms with Gasteiger partial charge in [0.2, 0.25) is 0 Å². The molecule has 0 bridgehead atoms. The van der Waals surface area contributed by atoms with Crippen molar-refractivity contribution in [2.45, 2.75) is 18.6 Å². The lowest BCUT2D eigenvalue weighted by atomic mass is 10.2. The molecule has 0 amide bonds. The van der Waals surface area contributed by atoms with E-state index in [1.165, 1.54) is 11.3 Å². The second-order valence-corrected chi connectivity index (χ2v) is 4.08. The third-order valence-corrected chi connectivity index (χ3v) is 2.78. The van der Waals surface area contributed by atoms with Gasteiger partial charge >= 0.3 is 0 Å². The van der Waals surface area contributed by atoms with Gasteiger partial charge in [-0.15, -0.1) is 11.3 Å². The molecule has 0 saturated carbocycles. The smallest absolute Gasteiger partial charge is 0.131 e. The zero-order valence-corrected chi connectivity index (χ0v) is 8.75. The van der Waals surface area contributed by atoms with Crippen LogP contribution < -0.4 is 0 Å². The number of alkyl halides is 1. The molecule has 0 radical (unpaired) electrons. The van der Waals surface area contributed by atoms with Gasteiger partial charge in [0.15, 0.2) is 0 Å². The molecule has 0 aliphatic heterocycles. The van der Waals surface area contributed by atoms with Crippen LogP contribution in [0, 0.1) is 0 Å². The van der Waals surface area contributed by atoms with Crippen LogP contribution in [0.1, 0.15) is 17.5 Å². The molecule has 0 aromatic carbocycles. The Labute approximate surface area is 83.2 Å². The normalized spacial score (nSPS) is 15.9. The maximum absolute atomic E-state index is 9.49. The molecule has 0 fully saturated rings. The minimum absolute atomic E-state index is 0.529. The Morgan fingerprint density at radius 2 is 2.33 bits per heavy atom. The molecule has 0 saturated heterocycles. The van der Waals surface area contributed by atoms with Crippen LogP contribution in [0.4, 0.5) is 0 Å². The van der Waals surface area contributed by atoms with Crippen LogP contribution in [0.15, 0.2) is 11.6 Å². The second-order valence-electron chi connectivity index (χ2n) is 2.36. The molecule has 12 heavy (non-hydrogen) atoms. The van der Waals surface area contributed by atoms with Crippen molar-refractivity contribution in [3.05, 3.63) is 16.6 Å². The molecule has 1 aromatic rings. The molecule has 5 heteroatoms. The fourth-order valence-corrected chi connectivity index (χ4v) is 1.96. The van der Waals surface area contributed by atoms with Gasteiger partial charge in [-0.1, -0.05) is 15.9 Å². The van der Waals surface area contributed by atoms with Crippen molar-refractivity contribution >= 4 is 27.3 Å². The highest BCUT2D eigenvalue weighted by atomic mass is 79.9. The third-order valence-electron chi connectivity index (χ3n) is 1.47. The van der Waals surface area contributed by atoms with Gasteiger partial charge < -0.3 is 10.2 Å². The maximum atomic E-state index is 9.49. The summed E-state index contributed by atoms with van der Waals surface area (Å²) in [5.74, 6) is 0. The fraction of sp³-hybridized carbons (Fsp3) is 0.571. The van der Waals surface area contributed by atoms with E-state index in [2.05, 4.69) is 20.9 Å². The highest BCUT2D eigenvalue weighted by Gasteiger charge is 2.19. The molecule has 2 atom stereocenters. The number of hydrogen-bond donors (Lipinski definition) is 2. The van der Waals surface area contributed by atoms with Crippen molar-refractivity contribution in [1.82, 2.24) is 4.98 Å². The van der Waals surface area contributed by atoms with Gasteiger partial charge in [-0.05, 0) is 6.42 Å². The lowest BCUT2D eigenvalue weighted by Gasteiger charge is -2.13. The number of rotatable bonds is 4. The van der Waals surface area contributed by atoms with Crippen LogP contribution >= 0.6 is 27.3 Å². The van der Waals surface area contributed by atoms with E-state index in [0.717, 1.165) is 0 Å². The van der Waals surface area contributed by atoms with Crippen LogP contribution in [0.3, 0.4) is 0 Å². The molecule has 2 unspecified atom stereocenters. The first-order chi connectivity index (χ1) is 5.75. The van der Waals surface area contributed by atoms with Crippen LogP contribution in [0.2, 0.25) is 0 Å². The number of hydrogen-bond acceptors (Lipinski definition) is 4. The van der Waals surface area contributed by atoms with E-state index in [-0.39, 0.29) is 0 Å². The highest BCUT2D eigenvalue weighted by Crippen LogP contribution is 2.20. The second kappa shape index (κ2) is 4.91. The SMILES string of the molecule is OC(CCBr)C(O)c1nccs1. The summed E-state index contributed by atoms with van der Waals surface area (Å²) in [6, 6.07) is 0. The van der Waals surface area contributed by atoms with Crippen LogP contribution in [-0.2, 0) is 0 Å². The van der Waals surface area contributed by atoms with Crippen molar-refractivity contribution < 1.29 is 10.2 Å². The van der Waals surface area contributed by atoms with E-state index < -0.39 is 12.2 Å². The fourth-order valence-electron chi connectivity index (χ4n) is 0.815. The summed E-state index contributed by atoms with van der Waals surface area (Å²) in [5.41, 5.74) is 0. The monoisotopic (exact) mass is 251 g/mol. The minimum atomic E-state index is -0.845. The summed E-state index contributed by atoms with van der Waals surface area (Å²) in [5, 5.41) is 21.9. The average Bonchev–Trinajstić information content (AvgIpc) is 2.55. The number of aromatic nitrogens is 1. The van der Waals surface area contributed by atoms with Crippen molar-refractivity contribution in [3.63, 3.8) is 0 Å². The zero-order chi connectivity index (χ0) is 8.97. The van der Waals surface area contributed by atoms with Crippen LogP contribution in [0.25, 0.3) is 0 Å². The number of aliphatic hydroxyl groups excluding tert-OH is 2. The standard InChI is InChI=1S/C7H10BrNO2S/c8-2-1-5(10)6(11)7-9-3-4-12-7/h3-6,10-11H,1-2H2. The van der Waals surface area contributed by atoms with E-state index in [1.54, 1.807) is 11.6 Å². The first kappa shape index (κ1) is 10.1. The number of thiazole rings is 1. The van der Waals surface area contributed by atoms with Crippen molar-refractivity contribution in [3.8, 4) is 0 Å². The molecule has 3 nitrogen and oxygen atoms in total. The predicted molar refractivity (Wildman–Crippen MR) is 51.5 cm³/mol. The number of halogens is 1. The van der Waals surface area contributed by atoms with Gasteiger partial charge in [0.05, 0.1) is 6.10 Å². The lowest BCUT2D eigenvalue weighted by molar-refractivity contribution is 0.0172. The summed E-state index contributed by atoms with van der Waals surface area (Å²) in [7, 11) is 0. The average molecular weight is 252 g/mol. The zero-order valence-electron chi connectivity index (χ0n) is 6.35. The maximum Gasteiger partial charge on any atom is 0.131 e. The first-order valence-electron chi connectivity index (χ1n) is 3.57. The minimum Gasteiger partial charge on any atom is -0.390 e. The Morgan fingerprint density at radius 3 is 2.83 bits per heavy atom. The number of aliphatic hydroxyl groups is 2. The Hall–Kier alpha value is 0.0300. The molecule has 68 valence electrons. The molecule has 1 heterocycles. The molecular formula is C7H10BrNO2S. The van der Waals surface area contributed by atoms with E-state index in [0.29, 0.717) is 16.8 Å². The Kier molecular flexibility index (Phi) is 4.14. The molecule has 0 aliphatic carbocycles. The van der Waals surface area contributed by atoms with Crippen LogP contribution in [0.5, 0.6) is 0 Å². The van der Waals surface area contributed by atoms with Crippen molar-refractivity contribution in [2.24, 2.45) is 0 Å². The third kappa shape index (κ3) is 2.52. The molecule has 0 aliphatic rings. The van der Waals surface area contributed by atoms with Gasteiger partial charge in [0, 0.05) is 16.9 Å². The topological polar surface area (TPSA) is 53.4 Å². The molecule has 1 rings (SSSR count). The Bertz CT molecular complexity index is 217. The Balaban J connectivity index is 2.53. The summed E-state index contributed by atoms with van der Waals surface area (Å²) >= 11 is 4.54. The van der Waals surface area contributed by atoms with Crippen molar-refractivity contribution in [1.29, 1.82) is 0 Å². The van der Waals surface area contributed by atoms with Gasteiger partial charge in [-0.25, -0.2) is 4.98 Å². The molecule has 0 spiro atoms. The van der Waals surface area contributed by atoms with E-state index in [1.807, 2.05) is 0 Å². The molecule has 1 aromatic heterocycles. The van der Waals surface area contributed by atoms with Crippen LogP contribution in [-0.4, -0.2) is 26.6 Å². The Morgan fingerprint density at radius 1 is 1.58 bits per heavy atom. The lowest BCUT2D eigenvalue weighted by Crippen LogP contribution is -2.18. The summed E-state index contributed by atoms with van der Waals surface area (Å²) in [6.45, 7) is 0. The van der Waals surface area contributed by atoms with Gasteiger partial charge in [-0.2, -0.15) is 0 Å². The van der Waals surface area contributed by atoms with Gasteiger partial charge in [0.25, 0.3) is 0 Å². The quantitative estimate of drug-likeness (QED) is 0.795. The summed E-state index contributed by atoms with van der Waals surface area (Å²) in [4.78, 5) is 3.91.